The molecule has 0 atom stereocenters. The maximum atomic E-state index is 15.2. The highest BCUT2D eigenvalue weighted by molar-refractivity contribution is 7.98. The zero-order valence-corrected chi connectivity index (χ0v) is 40.1. The maximum Gasteiger partial charge on any atom is 0.415 e. The minimum Gasteiger partial charge on any atom is -0.336 e. The maximum absolute atomic E-state index is 15.2. The predicted octanol–water partition coefficient (Wildman–Crippen LogP) is -13.0. The summed E-state index contributed by atoms with van der Waals surface area (Å²) in [6.45, 7) is 7.28. The molecule has 1 aliphatic carbocycles. The van der Waals surface area contributed by atoms with Gasteiger partial charge in [-0.2, -0.15) is 18.2 Å². The minimum atomic E-state index is -4.46. The first-order valence-corrected chi connectivity index (χ1v) is 22.5. The van der Waals surface area contributed by atoms with Gasteiger partial charge in [0, 0.05) is 42.2 Å². The zero-order chi connectivity index (χ0) is 45.9. The number of amides is 1. The molecule has 0 spiro atoms. The zero-order valence-electron chi connectivity index (χ0n) is 39.3. The van der Waals surface area contributed by atoms with Crippen molar-refractivity contribution in [2.75, 3.05) is 26.2 Å². The molecule has 6 nitrogen and oxygen atoms in total. The second-order valence-electron chi connectivity index (χ2n) is 18.7. The topological polar surface area (TPSA) is 58.4 Å². The van der Waals surface area contributed by atoms with Gasteiger partial charge in [0.25, 0.3) is 5.56 Å². The molecule has 1 aliphatic rings. The standard InChI is InChI=1S/C36H52B14F4N4O2S/c1-3-56(4-2)9-10-57(11-16-22(37)24(39)18(25(40)23(16)38)19-26(41)28(43)20(35(52,53)54)29(44)27(19)42)17(59)12-58-30-21(33(45,46)36(49,50)34(30,47)48)31(60)55-32(58)61-13-14-5-7-15(51)8-6-14/h5-8H,3-4,9-13,37-50H2,1-2H3. The van der Waals surface area contributed by atoms with Gasteiger partial charge in [0.1, 0.15) is 107 Å². The van der Waals surface area contributed by atoms with Gasteiger partial charge < -0.3 is 14.4 Å². The van der Waals surface area contributed by atoms with Crippen LogP contribution in [0.4, 0.5) is 17.6 Å². The van der Waals surface area contributed by atoms with Crippen molar-refractivity contribution in [3.05, 3.63) is 68.4 Å². The van der Waals surface area contributed by atoms with Crippen molar-refractivity contribution in [2.24, 2.45) is 0 Å². The molecule has 0 saturated carbocycles. The summed E-state index contributed by atoms with van der Waals surface area (Å²) in [5.74, 6) is -0.0113. The van der Waals surface area contributed by atoms with Crippen molar-refractivity contribution >= 4 is 171 Å². The molecule has 1 heterocycles. The highest BCUT2D eigenvalue weighted by Gasteiger charge is 2.58. The van der Waals surface area contributed by atoms with Crippen LogP contribution >= 0.6 is 11.8 Å². The van der Waals surface area contributed by atoms with E-state index in [4.69, 9.17) is 4.98 Å². The number of alkyl halides is 3. The number of fused-ring (bicyclic) bond motifs is 1. The summed E-state index contributed by atoms with van der Waals surface area (Å²) in [4.78, 5) is 38.2. The molecule has 0 N–H and O–H groups in total. The minimum absolute atomic E-state index is 0.0359. The molecule has 0 aliphatic heterocycles. The molecule has 3 aromatic carbocycles. The number of aromatic nitrogens is 2. The van der Waals surface area contributed by atoms with Gasteiger partial charge in [0.15, 0.2) is 5.16 Å². The number of hydrogen-bond acceptors (Lipinski definition) is 5. The number of rotatable bonds is 13. The molecule has 25 heteroatoms. The van der Waals surface area contributed by atoms with Crippen molar-refractivity contribution in [1.82, 2.24) is 19.4 Å². The van der Waals surface area contributed by atoms with E-state index in [0.29, 0.717) is 47.0 Å². The molecular formula is C36H52B14F4N4O2S. The molecule has 0 bridgehead atoms. The summed E-state index contributed by atoms with van der Waals surface area (Å²) in [5, 5.41) is -0.992. The Hall–Kier alpha value is -3.05. The second kappa shape index (κ2) is 17.8. The van der Waals surface area contributed by atoms with Gasteiger partial charge in [-0.1, -0.05) is 97.1 Å². The smallest absolute Gasteiger partial charge is 0.336 e. The van der Waals surface area contributed by atoms with Crippen molar-refractivity contribution in [2.45, 2.75) is 59.7 Å². The fourth-order valence-corrected chi connectivity index (χ4v) is 10.7. The van der Waals surface area contributed by atoms with Gasteiger partial charge in [-0.3, -0.25) is 9.59 Å². The summed E-state index contributed by atoms with van der Waals surface area (Å²) in [5.41, 5.74) is 9.93. The van der Waals surface area contributed by atoms with Gasteiger partial charge in [-0.15, -0.1) is 0 Å². The van der Waals surface area contributed by atoms with E-state index in [1.165, 1.54) is 23.9 Å². The second-order valence-corrected chi connectivity index (χ2v) is 19.7. The number of hydrogen-bond donors (Lipinski definition) is 0. The monoisotopic (exact) mass is 835 g/mol. The molecule has 4 aromatic rings. The van der Waals surface area contributed by atoms with E-state index < -0.39 is 22.2 Å². The van der Waals surface area contributed by atoms with Crippen LogP contribution in [-0.2, 0) is 40.2 Å². The first-order valence-electron chi connectivity index (χ1n) is 21.5. The quantitative estimate of drug-likeness (QED) is 0.0581. The Morgan fingerprint density at radius 3 is 1.72 bits per heavy atom. The SMILES string of the molecule is Bc1c(B)c(-c2c(B)c(B)c(C(F)(F)F)c(B)c2B)c(B)c(B)c1CN(CCN(CC)CC)C(=O)Cn1c(SCc2ccc(F)cc2)nc(=O)c2c1C(B)(B)C(B)(B)C2(B)B. The van der Waals surface area contributed by atoms with E-state index in [9.17, 15) is 22.4 Å². The lowest BCUT2D eigenvalue weighted by Gasteiger charge is -2.45. The van der Waals surface area contributed by atoms with Crippen LogP contribution in [0.3, 0.4) is 0 Å². The summed E-state index contributed by atoms with van der Waals surface area (Å²) >= 11 is 1.37. The van der Waals surface area contributed by atoms with Crippen LogP contribution in [0.25, 0.3) is 11.1 Å². The molecule has 5 rings (SSSR count). The number of benzene rings is 3. The Kier molecular flexibility index (Phi) is 14.3. The Labute approximate surface area is 376 Å². The molecule has 0 radical (unpaired) electrons. The lowest BCUT2D eigenvalue weighted by Crippen LogP contribution is -2.53. The van der Waals surface area contributed by atoms with Crippen LogP contribution in [0, 0.1) is 5.82 Å². The summed E-state index contributed by atoms with van der Waals surface area (Å²) in [6.07, 6.45) is -4.46. The van der Waals surface area contributed by atoms with Crippen molar-refractivity contribution in [1.29, 1.82) is 0 Å². The third-order valence-electron chi connectivity index (χ3n) is 15.3. The highest BCUT2D eigenvalue weighted by atomic mass is 32.2. The van der Waals surface area contributed by atoms with Gasteiger partial charge in [0.05, 0.1) is 15.7 Å². The molecule has 1 aromatic heterocycles. The first kappa shape index (κ1) is 49.0. The molecule has 1 amide bonds. The van der Waals surface area contributed by atoms with Crippen LogP contribution in [0.15, 0.2) is 34.2 Å². The number of thioether (sulfide) groups is 1. The third-order valence-corrected chi connectivity index (χ3v) is 16.3. The number of likely N-dealkylation sites (N-methyl/N-ethyl adjacent to an activating group) is 1. The Bertz CT molecular complexity index is 2390. The van der Waals surface area contributed by atoms with E-state index in [2.05, 4.69) is 81.5 Å². The lowest BCUT2D eigenvalue weighted by atomic mass is 9.20. The average molecular weight is 832 g/mol. The van der Waals surface area contributed by atoms with Crippen molar-refractivity contribution in [3.8, 4) is 11.1 Å². The van der Waals surface area contributed by atoms with Crippen LogP contribution in [0.1, 0.15) is 41.8 Å². The van der Waals surface area contributed by atoms with E-state index in [1.54, 1.807) is 43.5 Å². The van der Waals surface area contributed by atoms with E-state index in [1.807, 2.05) is 25.2 Å². The highest BCUT2D eigenvalue weighted by Crippen LogP contribution is 2.57. The van der Waals surface area contributed by atoms with Gasteiger partial charge >= 0.3 is 6.18 Å². The van der Waals surface area contributed by atoms with Crippen LogP contribution < -0.4 is 49.3 Å². The molecule has 0 saturated heterocycles. The number of nitrogens with zero attached hydrogens (tertiary/aromatic N) is 4. The Morgan fingerprint density at radius 1 is 0.754 bits per heavy atom. The van der Waals surface area contributed by atoms with Crippen LogP contribution in [-0.4, -0.2) is 161 Å². The van der Waals surface area contributed by atoms with Gasteiger partial charge in [0.2, 0.25) is 5.91 Å². The number of halogens is 4. The molecule has 304 valence electrons. The summed E-state index contributed by atoms with van der Waals surface area (Å²) < 4.78 is 58.7. The van der Waals surface area contributed by atoms with E-state index in [0.717, 1.165) is 62.9 Å². The predicted molar refractivity (Wildman–Crippen MR) is 287 cm³/mol. The van der Waals surface area contributed by atoms with Gasteiger partial charge in [-0.05, 0) is 47.5 Å². The number of carbonyl (C=O) groups excluding carboxylic acids is 1. The summed E-state index contributed by atoms with van der Waals surface area (Å²) in [6, 6.07) is 6.27. The largest absolute Gasteiger partial charge is 0.415 e. The Balaban J connectivity index is 1.66. The normalized spacial score (nSPS) is 15.2. The lowest BCUT2D eigenvalue weighted by molar-refractivity contribution is -0.136. The average Bonchev–Trinajstić information content (AvgIpc) is 3.29. The van der Waals surface area contributed by atoms with E-state index >= 15 is 4.79 Å². The van der Waals surface area contributed by atoms with Crippen molar-refractivity contribution < 1.29 is 22.4 Å². The fraction of sp³-hybridized carbons (Fsp3) is 0.361. The van der Waals surface area contributed by atoms with E-state index in [-0.39, 0.29) is 40.0 Å². The van der Waals surface area contributed by atoms with Gasteiger partial charge in [-0.25, -0.2) is 4.39 Å². The third kappa shape index (κ3) is 8.66. The number of carbonyl (C=O) groups is 1. The Morgan fingerprint density at radius 2 is 1.25 bits per heavy atom. The molecule has 61 heavy (non-hydrogen) atoms. The molecule has 0 fully saturated rings. The van der Waals surface area contributed by atoms with Crippen LogP contribution in [0.2, 0.25) is 5.21 Å². The molecule has 0 unspecified atom stereocenters. The molecular weight excluding hydrogens is 780 g/mol. The van der Waals surface area contributed by atoms with Crippen LogP contribution in [0.5, 0.6) is 0 Å². The fourth-order valence-electron chi connectivity index (χ4n) is 9.76. The first-order chi connectivity index (χ1) is 28.2. The summed E-state index contributed by atoms with van der Waals surface area (Å²) in [7, 11) is 27.7. The van der Waals surface area contributed by atoms with Crippen molar-refractivity contribution in [3.63, 3.8) is 0 Å².